The maximum Gasteiger partial charge on any atom is 0.0790 e. The summed E-state index contributed by atoms with van der Waals surface area (Å²) in [6.07, 6.45) is 4.93. The van der Waals surface area contributed by atoms with E-state index in [-0.39, 0.29) is 6.04 Å². The van der Waals surface area contributed by atoms with Crippen LogP contribution in [-0.4, -0.2) is 11.6 Å². The summed E-state index contributed by atoms with van der Waals surface area (Å²) in [5, 5.41) is 4.62. The molecule has 0 N–H and O–H groups in total. The maximum absolute atomic E-state index is 10.6. The minimum atomic E-state index is 0.110. The summed E-state index contributed by atoms with van der Waals surface area (Å²) in [5.74, 6) is 0. The first kappa shape index (κ1) is 8.94. The van der Waals surface area contributed by atoms with Crippen molar-refractivity contribution in [2.75, 3.05) is 6.54 Å². The lowest BCUT2D eigenvalue weighted by molar-refractivity contribution is 0.217. The normalized spacial score (nSPS) is 20.9. The number of rotatable bonds is 2. The minimum absolute atomic E-state index is 0.110. The molecule has 1 aliphatic heterocycles. The largest absolute Gasteiger partial charge is 0.249 e. The van der Waals surface area contributed by atoms with Crippen LogP contribution in [0.15, 0.2) is 47.8 Å². The van der Waals surface area contributed by atoms with Crippen LogP contribution in [0.25, 0.3) is 0 Å². The monoisotopic (exact) mass is 188 g/mol. The van der Waals surface area contributed by atoms with Crippen LogP contribution >= 0.6 is 0 Å². The van der Waals surface area contributed by atoms with E-state index in [1.807, 2.05) is 36.4 Å². The Bertz CT molecular complexity index is 334. The predicted octanol–water partition coefficient (Wildman–Crippen LogP) is 2.67. The van der Waals surface area contributed by atoms with Crippen molar-refractivity contribution < 1.29 is 0 Å². The first-order valence-electron chi connectivity index (χ1n) is 4.71. The molecule has 1 aliphatic rings. The van der Waals surface area contributed by atoms with Crippen LogP contribution in [0.5, 0.6) is 0 Å². The van der Waals surface area contributed by atoms with E-state index in [1.54, 1.807) is 5.01 Å². The highest BCUT2D eigenvalue weighted by atomic mass is 16.3. The lowest BCUT2D eigenvalue weighted by Crippen LogP contribution is -2.25. The fourth-order valence-electron chi connectivity index (χ4n) is 1.73. The van der Waals surface area contributed by atoms with Crippen LogP contribution in [0.3, 0.4) is 0 Å². The van der Waals surface area contributed by atoms with Crippen molar-refractivity contribution in [1.82, 2.24) is 5.01 Å². The van der Waals surface area contributed by atoms with E-state index in [1.165, 1.54) is 0 Å². The summed E-state index contributed by atoms with van der Waals surface area (Å²) in [5.41, 5.74) is 1.15. The van der Waals surface area contributed by atoms with Gasteiger partial charge in [0.15, 0.2) is 0 Å². The Morgan fingerprint density at radius 2 is 2.00 bits per heavy atom. The molecule has 0 aromatic heterocycles. The molecule has 3 heteroatoms. The average Bonchev–Trinajstić information content (AvgIpc) is 2.30. The number of nitroso groups, excluding NO2 is 1. The molecule has 72 valence electrons. The Morgan fingerprint density at radius 1 is 1.21 bits per heavy atom. The Labute approximate surface area is 83.0 Å². The zero-order valence-corrected chi connectivity index (χ0v) is 7.84. The minimum Gasteiger partial charge on any atom is -0.249 e. The van der Waals surface area contributed by atoms with Crippen molar-refractivity contribution in [3.05, 3.63) is 53.0 Å². The molecule has 0 amide bonds. The van der Waals surface area contributed by atoms with Crippen molar-refractivity contribution in [2.45, 2.75) is 12.5 Å². The SMILES string of the molecule is O=NN1CC=CCC1c1ccccc1. The van der Waals surface area contributed by atoms with Gasteiger partial charge in [-0.2, -0.15) is 0 Å². The summed E-state index contributed by atoms with van der Waals surface area (Å²) >= 11 is 0. The molecule has 0 saturated carbocycles. The smallest absolute Gasteiger partial charge is 0.0790 e. The molecule has 14 heavy (non-hydrogen) atoms. The Hall–Kier alpha value is -1.64. The fourth-order valence-corrected chi connectivity index (χ4v) is 1.73. The third kappa shape index (κ3) is 1.66. The molecule has 1 unspecified atom stereocenters. The Morgan fingerprint density at radius 3 is 2.71 bits per heavy atom. The molecule has 0 bridgehead atoms. The fraction of sp³-hybridized carbons (Fsp3) is 0.273. The Balaban J connectivity index is 2.24. The van der Waals surface area contributed by atoms with Crippen molar-refractivity contribution in [3.63, 3.8) is 0 Å². The van der Waals surface area contributed by atoms with Gasteiger partial charge in [0, 0.05) is 0 Å². The molecule has 1 atom stereocenters. The van der Waals surface area contributed by atoms with Gasteiger partial charge >= 0.3 is 0 Å². The molecule has 3 nitrogen and oxygen atoms in total. The quantitative estimate of drug-likeness (QED) is 0.528. The van der Waals surface area contributed by atoms with Crippen molar-refractivity contribution in [1.29, 1.82) is 0 Å². The first-order valence-corrected chi connectivity index (χ1v) is 4.71. The van der Waals surface area contributed by atoms with Gasteiger partial charge in [-0.05, 0) is 12.0 Å². The molecule has 0 aliphatic carbocycles. The molecule has 1 heterocycles. The van der Waals surface area contributed by atoms with Gasteiger partial charge in [0.1, 0.15) is 0 Å². The van der Waals surface area contributed by atoms with Crippen LogP contribution < -0.4 is 0 Å². The van der Waals surface area contributed by atoms with Crippen molar-refractivity contribution in [3.8, 4) is 0 Å². The molecule has 0 radical (unpaired) electrons. The van der Waals surface area contributed by atoms with E-state index < -0.39 is 0 Å². The zero-order chi connectivity index (χ0) is 9.80. The van der Waals surface area contributed by atoms with E-state index in [9.17, 15) is 4.91 Å². The molecular weight excluding hydrogens is 176 g/mol. The summed E-state index contributed by atoms with van der Waals surface area (Å²) in [6, 6.07) is 10.1. The number of benzene rings is 1. The van der Waals surface area contributed by atoms with Gasteiger partial charge in [-0.3, -0.25) is 0 Å². The summed E-state index contributed by atoms with van der Waals surface area (Å²) in [7, 11) is 0. The van der Waals surface area contributed by atoms with Gasteiger partial charge in [0.2, 0.25) is 0 Å². The molecule has 1 aromatic rings. The van der Waals surface area contributed by atoms with Crippen LogP contribution in [0.4, 0.5) is 0 Å². The number of hydrogen-bond donors (Lipinski definition) is 0. The van der Waals surface area contributed by atoms with E-state index in [0.29, 0.717) is 6.54 Å². The summed E-state index contributed by atoms with van der Waals surface area (Å²) in [4.78, 5) is 10.6. The second kappa shape index (κ2) is 4.05. The van der Waals surface area contributed by atoms with Crippen LogP contribution in [0.1, 0.15) is 18.0 Å². The van der Waals surface area contributed by atoms with Crippen LogP contribution in [-0.2, 0) is 0 Å². The number of hydrogen-bond acceptors (Lipinski definition) is 2. The van der Waals surface area contributed by atoms with E-state index >= 15 is 0 Å². The van der Waals surface area contributed by atoms with Crippen LogP contribution in [0, 0.1) is 4.91 Å². The lowest BCUT2D eigenvalue weighted by atomic mass is 10.0. The van der Waals surface area contributed by atoms with Crippen molar-refractivity contribution in [2.24, 2.45) is 5.29 Å². The van der Waals surface area contributed by atoms with Gasteiger partial charge in [-0.1, -0.05) is 42.5 Å². The maximum atomic E-state index is 10.6. The van der Waals surface area contributed by atoms with E-state index in [0.717, 1.165) is 12.0 Å². The highest BCUT2D eigenvalue weighted by Gasteiger charge is 2.20. The van der Waals surface area contributed by atoms with Gasteiger partial charge < -0.3 is 0 Å². The van der Waals surface area contributed by atoms with Gasteiger partial charge in [0.05, 0.1) is 17.9 Å². The molecule has 2 rings (SSSR count). The van der Waals surface area contributed by atoms with E-state index in [4.69, 9.17) is 0 Å². The highest BCUT2D eigenvalue weighted by molar-refractivity contribution is 5.21. The molecular formula is C11H12N2O. The molecule has 1 aromatic carbocycles. The third-order valence-corrected chi connectivity index (χ3v) is 2.47. The third-order valence-electron chi connectivity index (χ3n) is 2.47. The van der Waals surface area contributed by atoms with Crippen molar-refractivity contribution >= 4 is 0 Å². The first-order chi connectivity index (χ1) is 6.92. The second-order valence-corrected chi connectivity index (χ2v) is 3.34. The topological polar surface area (TPSA) is 32.7 Å². The van der Waals surface area contributed by atoms with Gasteiger partial charge in [-0.25, -0.2) is 5.01 Å². The number of nitrogens with zero attached hydrogens (tertiary/aromatic N) is 2. The predicted molar refractivity (Wildman–Crippen MR) is 55.4 cm³/mol. The standard InChI is InChI=1S/C11H12N2O/c14-12-13-9-5-4-8-11(13)10-6-2-1-3-7-10/h1-7,11H,8-9H2. The van der Waals surface area contributed by atoms with Crippen LogP contribution in [0.2, 0.25) is 0 Å². The molecule has 0 fully saturated rings. The van der Waals surface area contributed by atoms with Gasteiger partial charge in [-0.15, -0.1) is 4.91 Å². The summed E-state index contributed by atoms with van der Waals surface area (Å²) < 4.78 is 0. The average molecular weight is 188 g/mol. The molecule has 0 saturated heterocycles. The summed E-state index contributed by atoms with van der Waals surface area (Å²) in [6.45, 7) is 0.614. The van der Waals surface area contributed by atoms with E-state index in [2.05, 4.69) is 11.4 Å². The van der Waals surface area contributed by atoms with Gasteiger partial charge in [0.25, 0.3) is 0 Å². The zero-order valence-electron chi connectivity index (χ0n) is 7.84. The highest BCUT2D eigenvalue weighted by Crippen LogP contribution is 2.27. The molecule has 0 spiro atoms. The lowest BCUT2D eigenvalue weighted by Gasteiger charge is -2.27. The second-order valence-electron chi connectivity index (χ2n) is 3.34. The Kier molecular flexibility index (Phi) is 2.58.